The van der Waals surface area contributed by atoms with Crippen LogP contribution in [0.25, 0.3) is 0 Å². The van der Waals surface area contributed by atoms with E-state index in [9.17, 15) is 9.90 Å². The Morgan fingerprint density at radius 2 is 2.11 bits per heavy atom. The highest BCUT2D eigenvalue weighted by Crippen LogP contribution is 2.14. The van der Waals surface area contributed by atoms with Crippen LogP contribution >= 0.6 is 0 Å². The number of nitrogens with zero attached hydrogens (tertiary/aromatic N) is 1. The Morgan fingerprint density at radius 1 is 1.37 bits per heavy atom. The molecule has 2 N–H and O–H groups in total. The summed E-state index contributed by atoms with van der Waals surface area (Å²) in [6.45, 7) is 0.987. The van der Waals surface area contributed by atoms with E-state index in [4.69, 9.17) is 5.11 Å². The molecule has 100 valence electrons. The van der Waals surface area contributed by atoms with Crippen molar-refractivity contribution in [3.63, 3.8) is 0 Å². The smallest absolute Gasteiger partial charge is 0.253 e. The molecule has 1 aromatic rings. The van der Waals surface area contributed by atoms with E-state index < -0.39 is 0 Å². The van der Waals surface area contributed by atoms with E-state index >= 15 is 0 Å². The predicted octanol–water partition coefficient (Wildman–Crippen LogP) is 0.627. The van der Waals surface area contributed by atoms with E-state index in [0.717, 1.165) is 5.56 Å². The summed E-state index contributed by atoms with van der Waals surface area (Å²) < 4.78 is 0. The minimum Gasteiger partial charge on any atom is -0.393 e. The molecule has 1 amide bonds. The van der Waals surface area contributed by atoms with Crippen molar-refractivity contribution in [3.8, 4) is 11.8 Å². The predicted molar refractivity (Wildman–Crippen MR) is 71.6 cm³/mol. The van der Waals surface area contributed by atoms with Gasteiger partial charge in [0.2, 0.25) is 0 Å². The van der Waals surface area contributed by atoms with Crippen LogP contribution in [0.1, 0.15) is 28.8 Å². The number of carbonyl (C=O) groups excluding carboxylic acids is 1. The van der Waals surface area contributed by atoms with Gasteiger partial charge in [-0.1, -0.05) is 17.9 Å². The van der Waals surface area contributed by atoms with E-state index in [0.29, 0.717) is 31.5 Å². The van der Waals surface area contributed by atoms with Crippen LogP contribution in [0, 0.1) is 11.8 Å². The normalized spacial score (nSPS) is 15.8. The third-order valence-electron chi connectivity index (χ3n) is 3.17. The van der Waals surface area contributed by atoms with Crippen LogP contribution in [-0.4, -0.2) is 46.8 Å². The quantitative estimate of drug-likeness (QED) is 0.727. The fraction of sp³-hybridized carbons (Fsp3) is 0.400. The zero-order valence-electron chi connectivity index (χ0n) is 10.7. The molecular formula is C15H17NO3. The summed E-state index contributed by atoms with van der Waals surface area (Å²) in [7, 11) is 0. The summed E-state index contributed by atoms with van der Waals surface area (Å²) in [5.74, 6) is 5.32. The summed E-state index contributed by atoms with van der Waals surface area (Å²) in [5.41, 5.74) is 1.32. The minimum atomic E-state index is -0.286. The van der Waals surface area contributed by atoms with Crippen LogP contribution in [0.2, 0.25) is 0 Å². The van der Waals surface area contributed by atoms with Crippen molar-refractivity contribution in [2.45, 2.75) is 18.9 Å². The van der Waals surface area contributed by atoms with Crippen molar-refractivity contribution in [3.05, 3.63) is 35.4 Å². The first kappa shape index (κ1) is 13.6. The van der Waals surface area contributed by atoms with Gasteiger partial charge in [-0.15, -0.1) is 0 Å². The Kier molecular flexibility index (Phi) is 4.56. The molecule has 2 rings (SSSR count). The number of aliphatic hydroxyl groups excluding tert-OH is 2. The average molecular weight is 259 g/mol. The van der Waals surface area contributed by atoms with E-state index in [1.807, 2.05) is 0 Å². The summed E-state index contributed by atoms with van der Waals surface area (Å²) in [6.07, 6.45) is 0.983. The second-order valence-electron chi connectivity index (χ2n) is 4.56. The van der Waals surface area contributed by atoms with Gasteiger partial charge in [0.15, 0.2) is 0 Å². The zero-order valence-corrected chi connectivity index (χ0v) is 10.7. The molecule has 0 unspecified atom stereocenters. The maximum absolute atomic E-state index is 12.3. The molecule has 0 aliphatic carbocycles. The monoisotopic (exact) mass is 259 g/mol. The highest BCUT2D eigenvalue weighted by Gasteiger charge is 2.22. The molecule has 1 aliphatic rings. The molecule has 0 atom stereocenters. The van der Waals surface area contributed by atoms with Gasteiger partial charge in [0.25, 0.3) is 5.91 Å². The molecule has 1 fully saturated rings. The molecule has 19 heavy (non-hydrogen) atoms. The molecule has 0 spiro atoms. The Morgan fingerprint density at radius 3 is 2.79 bits per heavy atom. The van der Waals surface area contributed by atoms with Gasteiger partial charge in [-0.2, -0.15) is 0 Å². The summed E-state index contributed by atoms with van der Waals surface area (Å²) >= 11 is 0. The Labute approximate surface area is 112 Å². The van der Waals surface area contributed by atoms with Gasteiger partial charge in [-0.05, 0) is 31.0 Å². The minimum absolute atomic E-state index is 0.0282. The van der Waals surface area contributed by atoms with Crippen molar-refractivity contribution in [2.75, 3.05) is 19.7 Å². The number of piperidine rings is 1. The van der Waals surface area contributed by atoms with Gasteiger partial charge in [0.05, 0.1) is 6.10 Å². The fourth-order valence-corrected chi connectivity index (χ4v) is 2.12. The van der Waals surface area contributed by atoms with Crippen LogP contribution in [0.4, 0.5) is 0 Å². The van der Waals surface area contributed by atoms with Crippen molar-refractivity contribution >= 4 is 5.91 Å². The average Bonchev–Trinajstić information content (AvgIpc) is 2.45. The first-order chi connectivity index (χ1) is 9.20. The van der Waals surface area contributed by atoms with E-state index in [-0.39, 0.29) is 18.6 Å². The molecule has 4 heteroatoms. The number of hydrogen-bond donors (Lipinski definition) is 2. The largest absolute Gasteiger partial charge is 0.393 e. The number of aliphatic hydroxyl groups is 2. The van der Waals surface area contributed by atoms with E-state index in [2.05, 4.69) is 11.8 Å². The third kappa shape index (κ3) is 3.57. The van der Waals surface area contributed by atoms with Gasteiger partial charge in [0.1, 0.15) is 6.61 Å². The Hall–Kier alpha value is -1.83. The molecular weight excluding hydrogens is 242 g/mol. The van der Waals surface area contributed by atoms with Crippen molar-refractivity contribution < 1.29 is 15.0 Å². The number of carbonyl (C=O) groups is 1. The van der Waals surface area contributed by atoms with Gasteiger partial charge >= 0.3 is 0 Å². The third-order valence-corrected chi connectivity index (χ3v) is 3.17. The number of amides is 1. The van der Waals surface area contributed by atoms with Crippen LogP contribution in [0.5, 0.6) is 0 Å². The lowest BCUT2D eigenvalue weighted by Gasteiger charge is -2.29. The van der Waals surface area contributed by atoms with Crippen LogP contribution in [-0.2, 0) is 0 Å². The molecule has 1 saturated heterocycles. The number of benzene rings is 1. The maximum atomic E-state index is 12.3. The van der Waals surface area contributed by atoms with Gasteiger partial charge < -0.3 is 15.1 Å². The molecule has 0 saturated carbocycles. The Balaban J connectivity index is 2.10. The maximum Gasteiger partial charge on any atom is 0.253 e. The summed E-state index contributed by atoms with van der Waals surface area (Å²) in [4.78, 5) is 14.0. The molecule has 4 nitrogen and oxygen atoms in total. The van der Waals surface area contributed by atoms with Crippen molar-refractivity contribution in [1.29, 1.82) is 0 Å². The number of rotatable bonds is 1. The van der Waals surface area contributed by atoms with E-state index in [1.54, 1.807) is 29.2 Å². The highest BCUT2D eigenvalue weighted by atomic mass is 16.3. The zero-order chi connectivity index (χ0) is 13.7. The van der Waals surface area contributed by atoms with Crippen molar-refractivity contribution in [1.82, 2.24) is 4.90 Å². The second-order valence-corrected chi connectivity index (χ2v) is 4.56. The summed E-state index contributed by atoms with van der Waals surface area (Å²) in [5, 5.41) is 18.1. The molecule has 0 aromatic heterocycles. The lowest BCUT2D eigenvalue weighted by molar-refractivity contribution is 0.0546. The van der Waals surface area contributed by atoms with Gasteiger partial charge in [0, 0.05) is 24.2 Å². The van der Waals surface area contributed by atoms with Crippen LogP contribution in [0.15, 0.2) is 24.3 Å². The lowest BCUT2D eigenvalue weighted by Crippen LogP contribution is -2.40. The fourth-order valence-electron chi connectivity index (χ4n) is 2.12. The van der Waals surface area contributed by atoms with Crippen LogP contribution in [0.3, 0.4) is 0 Å². The Bertz CT molecular complexity index is 508. The standard InChI is InChI=1S/C15H17NO3/c17-10-2-4-12-3-1-5-13(11-12)15(19)16-8-6-14(18)7-9-16/h1,3,5,11,14,17-18H,6-10H2. The van der Waals surface area contributed by atoms with Gasteiger partial charge in [-0.25, -0.2) is 0 Å². The molecule has 0 bridgehead atoms. The topological polar surface area (TPSA) is 60.8 Å². The molecule has 1 aromatic carbocycles. The molecule has 1 aliphatic heterocycles. The van der Waals surface area contributed by atoms with Crippen molar-refractivity contribution in [2.24, 2.45) is 0 Å². The first-order valence-electron chi connectivity index (χ1n) is 6.38. The van der Waals surface area contributed by atoms with Crippen LogP contribution < -0.4 is 0 Å². The second kappa shape index (κ2) is 6.37. The number of likely N-dealkylation sites (tertiary alicyclic amines) is 1. The SMILES string of the molecule is O=C(c1cccc(C#CCO)c1)N1CCC(O)CC1. The highest BCUT2D eigenvalue weighted by molar-refractivity contribution is 5.94. The van der Waals surface area contributed by atoms with E-state index in [1.165, 1.54) is 0 Å². The molecule has 0 radical (unpaired) electrons. The summed E-state index contributed by atoms with van der Waals surface area (Å²) in [6, 6.07) is 7.08. The lowest BCUT2D eigenvalue weighted by atomic mass is 10.1. The number of hydrogen-bond acceptors (Lipinski definition) is 3. The van der Waals surface area contributed by atoms with Gasteiger partial charge in [-0.3, -0.25) is 4.79 Å². The first-order valence-corrected chi connectivity index (χ1v) is 6.38. The molecule has 1 heterocycles.